The molecule has 6 heteroatoms. The molecule has 1 aromatic carbocycles. The fourth-order valence-electron chi connectivity index (χ4n) is 4.19. The zero-order chi connectivity index (χ0) is 20.9. The molecule has 1 N–H and O–H groups in total. The van der Waals surface area contributed by atoms with Crippen LogP contribution in [0.25, 0.3) is 0 Å². The van der Waals surface area contributed by atoms with Crippen LogP contribution in [0.4, 0.5) is 0 Å². The summed E-state index contributed by atoms with van der Waals surface area (Å²) in [6.45, 7) is 10.7. The van der Waals surface area contributed by atoms with Crippen LogP contribution in [0.15, 0.2) is 17.0 Å². The van der Waals surface area contributed by atoms with E-state index in [4.69, 9.17) is 0 Å². The molecule has 0 bridgehead atoms. The van der Waals surface area contributed by atoms with E-state index in [-0.39, 0.29) is 17.9 Å². The van der Waals surface area contributed by atoms with Gasteiger partial charge < -0.3 is 5.32 Å². The summed E-state index contributed by atoms with van der Waals surface area (Å²) in [6, 6.07) is 4.01. The molecule has 1 heterocycles. The van der Waals surface area contributed by atoms with Gasteiger partial charge in [-0.2, -0.15) is 4.31 Å². The quantitative estimate of drug-likeness (QED) is 0.659. The van der Waals surface area contributed by atoms with Crippen molar-refractivity contribution in [3.63, 3.8) is 0 Å². The van der Waals surface area contributed by atoms with Crippen LogP contribution in [0.2, 0.25) is 0 Å². The highest BCUT2D eigenvalue weighted by molar-refractivity contribution is 7.89. The molecule has 5 nitrogen and oxygen atoms in total. The number of nitrogens with one attached hydrogen (secondary N) is 1. The Balaban J connectivity index is 1.97. The standard InChI is InChI=1S/C22H36N2O3S/c1-6-7-8-9-19(5)23-22(25)20-10-12-24(13-11-20)28(26,27)21-17(3)14-16(2)15-18(21)4/h14-15,19-20H,6-13H2,1-5H3,(H,23,25). The van der Waals surface area contributed by atoms with Gasteiger partial charge in [0.25, 0.3) is 0 Å². The Hall–Kier alpha value is -1.40. The highest BCUT2D eigenvalue weighted by Gasteiger charge is 2.33. The van der Waals surface area contributed by atoms with Crippen LogP contribution in [0, 0.1) is 26.7 Å². The van der Waals surface area contributed by atoms with Crippen molar-refractivity contribution in [1.82, 2.24) is 9.62 Å². The first-order valence-electron chi connectivity index (χ1n) is 10.5. The van der Waals surface area contributed by atoms with Crippen molar-refractivity contribution in [2.45, 2.75) is 84.1 Å². The number of sulfonamides is 1. The van der Waals surface area contributed by atoms with Crippen molar-refractivity contribution in [3.8, 4) is 0 Å². The molecular formula is C22H36N2O3S. The van der Waals surface area contributed by atoms with Gasteiger partial charge >= 0.3 is 0 Å². The van der Waals surface area contributed by atoms with Crippen molar-refractivity contribution in [2.75, 3.05) is 13.1 Å². The second-order valence-electron chi connectivity index (χ2n) is 8.31. The summed E-state index contributed by atoms with van der Waals surface area (Å²) in [6.07, 6.45) is 5.65. The molecule has 1 saturated heterocycles. The van der Waals surface area contributed by atoms with Gasteiger partial charge in [0.15, 0.2) is 0 Å². The number of carbonyl (C=O) groups excluding carboxylic acids is 1. The molecule has 1 amide bonds. The van der Waals surface area contributed by atoms with Gasteiger partial charge in [0.1, 0.15) is 0 Å². The summed E-state index contributed by atoms with van der Waals surface area (Å²) >= 11 is 0. The van der Waals surface area contributed by atoms with E-state index < -0.39 is 10.0 Å². The Morgan fingerprint density at radius 1 is 1.14 bits per heavy atom. The summed E-state index contributed by atoms with van der Waals surface area (Å²) in [7, 11) is -3.53. The normalized spacial score (nSPS) is 17.5. The third-order valence-electron chi connectivity index (χ3n) is 5.66. The smallest absolute Gasteiger partial charge is 0.243 e. The first-order chi connectivity index (χ1) is 13.2. The number of rotatable bonds is 8. The van der Waals surface area contributed by atoms with Crippen LogP contribution in [-0.4, -0.2) is 37.8 Å². The molecule has 158 valence electrons. The lowest BCUT2D eigenvalue weighted by molar-refractivity contribution is -0.126. The Bertz CT molecular complexity index is 758. The topological polar surface area (TPSA) is 66.5 Å². The fourth-order valence-corrected chi connectivity index (χ4v) is 6.08. The van der Waals surface area contributed by atoms with E-state index in [1.165, 1.54) is 12.8 Å². The molecule has 2 rings (SSSR count). The number of hydrogen-bond donors (Lipinski definition) is 1. The Kier molecular flexibility index (Phi) is 8.07. The molecule has 1 aromatic rings. The zero-order valence-electron chi connectivity index (χ0n) is 18.0. The monoisotopic (exact) mass is 408 g/mol. The van der Waals surface area contributed by atoms with E-state index in [1.807, 2.05) is 32.9 Å². The molecular weight excluding hydrogens is 372 g/mol. The number of benzene rings is 1. The molecule has 1 fully saturated rings. The van der Waals surface area contributed by atoms with Crippen molar-refractivity contribution >= 4 is 15.9 Å². The highest BCUT2D eigenvalue weighted by Crippen LogP contribution is 2.29. The number of amides is 1. The molecule has 0 spiro atoms. The summed E-state index contributed by atoms with van der Waals surface area (Å²) in [5.74, 6) is -0.0240. The van der Waals surface area contributed by atoms with Crippen LogP contribution in [0.1, 0.15) is 69.1 Å². The minimum atomic E-state index is -3.53. The maximum absolute atomic E-state index is 13.2. The number of unbranched alkanes of at least 4 members (excludes halogenated alkanes) is 2. The molecule has 28 heavy (non-hydrogen) atoms. The zero-order valence-corrected chi connectivity index (χ0v) is 18.9. The van der Waals surface area contributed by atoms with Crippen LogP contribution in [-0.2, 0) is 14.8 Å². The first kappa shape index (κ1) is 22.9. The van der Waals surface area contributed by atoms with Crippen molar-refractivity contribution in [2.24, 2.45) is 5.92 Å². The predicted octanol–water partition coefficient (Wildman–Crippen LogP) is 4.10. The molecule has 1 aliphatic heterocycles. The van der Waals surface area contributed by atoms with Crippen LogP contribution >= 0.6 is 0 Å². The summed E-state index contributed by atoms with van der Waals surface area (Å²) in [5.41, 5.74) is 2.65. The average molecular weight is 409 g/mol. The minimum absolute atomic E-state index is 0.0729. The van der Waals surface area contributed by atoms with E-state index in [9.17, 15) is 13.2 Å². The van der Waals surface area contributed by atoms with Crippen molar-refractivity contribution in [1.29, 1.82) is 0 Å². The lowest BCUT2D eigenvalue weighted by Gasteiger charge is -2.32. The van der Waals surface area contributed by atoms with Crippen LogP contribution in [0.3, 0.4) is 0 Å². The lowest BCUT2D eigenvalue weighted by atomic mass is 9.96. The van der Waals surface area contributed by atoms with E-state index in [0.29, 0.717) is 30.8 Å². The van der Waals surface area contributed by atoms with Gasteiger partial charge in [-0.25, -0.2) is 8.42 Å². The minimum Gasteiger partial charge on any atom is -0.353 e. The van der Waals surface area contributed by atoms with Crippen molar-refractivity contribution in [3.05, 3.63) is 28.8 Å². The second kappa shape index (κ2) is 9.88. The van der Waals surface area contributed by atoms with E-state index in [0.717, 1.165) is 29.5 Å². The Labute approximate surface area is 170 Å². The van der Waals surface area contributed by atoms with E-state index in [1.54, 1.807) is 4.31 Å². The number of nitrogens with zero attached hydrogens (tertiary/aromatic N) is 1. The molecule has 0 aromatic heterocycles. The average Bonchev–Trinajstić information content (AvgIpc) is 2.60. The van der Waals surface area contributed by atoms with Gasteiger partial charge in [-0.05, 0) is 58.1 Å². The van der Waals surface area contributed by atoms with Crippen LogP contribution < -0.4 is 5.32 Å². The second-order valence-corrected chi connectivity index (χ2v) is 10.2. The lowest BCUT2D eigenvalue weighted by Crippen LogP contribution is -2.45. The number of carbonyl (C=O) groups is 1. The molecule has 0 saturated carbocycles. The van der Waals surface area contributed by atoms with Gasteiger partial charge in [0, 0.05) is 25.0 Å². The highest BCUT2D eigenvalue weighted by atomic mass is 32.2. The molecule has 1 unspecified atom stereocenters. The summed E-state index contributed by atoms with van der Waals surface area (Å²) in [4.78, 5) is 13.0. The summed E-state index contributed by atoms with van der Waals surface area (Å²) in [5, 5.41) is 3.11. The number of hydrogen-bond acceptors (Lipinski definition) is 3. The fraction of sp³-hybridized carbons (Fsp3) is 0.682. The third-order valence-corrected chi connectivity index (χ3v) is 7.86. The van der Waals surface area contributed by atoms with Gasteiger partial charge in [0.2, 0.25) is 15.9 Å². The third kappa shape index (κ3) is 5.57. The van der Waals surface area contributed by atoms with Crippen LogP contribution in [0.5, 0.6) is 0 Å². The maximum Gasteiger partial charge on any atom is 0.243 e. The maximum atomic E-state index is 13.2. The molecule has 0 aliphatic carbocycles. The molecule has 1 aliphatic rings. The Morgan fingerprint density at radius 2 is 1.71 bits per heavy atom. The van der Waals surface area contributed by atoms with Gasteiger partial charge in [-0.1, -0.05) is 43.9 Å². The molecule has 1 atom stereocenters. The van der Waals surface area contributed by atoms with Gasteiger partial charge in [0.05, 0.1) is 4.90 Å². The summed E-state index contributed by atoms with van der Waals surface area (Å²) < 4.78 is 27.9. The number of piperidine rings is 1. The first-order valence-corrected chi connectivity index (χ1v) is 12.0. The van der Waals surface area contributed by atoms with E-state index in [2.05, 4.69) is 19.2 Å². The predicted molar refractivity (Wildman–Crippen MR) is 114 cm³/mol. The van der Waals surface area contributed by atoms with Gasteiger partial charge in [-0.3, -0.25) is 4.79 Å². The van der Waals surface area contributed by atoms with E-state index >= 15 is 0 Å². The Morgan fingerprint density at radius 3 is 2.25 bits per heavy atom. The molecule has 0 radical (unpaired) electrons. The largest absolute Gasteiger partial charge is 0.353 e. The van der Waals surface area contributed by atoms with Gasteiger partial charge in [-0.15, -0.1) is 0 Å². The van der Waals surface area contributed by atoms with Crippen molar-refractivity contribution < 1.29 is 13.2 Å². The SMILES string of the molecule is CCCCCC(C)NC(=O)C1CCN(S(=O)(=O)c2c(C)cc(C)cc2C)CC1. The number of aryl methyl sites for hydroxylation is 3.